The topological polar surface area (TPSA) is 78.4 Å². The Morgan fingerprint density at radius 2 is 1.04 bits per heavy atom. The van der Waals surface area contributed by atoms with Crippen molar-refractivity contribution in [2.75, 3.05) is 10.6 Å². The molecule has 0 saturated heterocycles. The number of hydrogen-bond acceptors (Lipinski definition) is 3. The lowest BCUT2D eigenvalue weighted by atomic mass is 10.1. The minimum atomic E-state index is -0.399. The van der Waals surface area contributed by atoms with Crippen LogP contribution in [0.2, 0.25) is 0 Å². The minimum Gasteiger partial charge on any atom is -0.508 e. The number of anilines is 2. The number of carbonyl (C=O) groups is 2. The van der Waals surface area contributed by atoms with Gasteiger partial charge in [-0.3, -0.25) is 9.59 Å². The largest absolute Gasteiger partial charge is 0.508 e. The van der Waals surface area contributed by atoms with Crippen LogP contribution in [-0.2, 0) is 0 Å². The fourth-order valence-corrected chi connectivity index (χ4v) is 2.34. The summed E-state index contributed by atoms with van der Waals surface area (Å²) in [6.07, 6.45) is 0. The second-order valence-electron chi connectivity index (χ2n) is 5.37. The van der Waals surface area contributed by atoms with Crippen molar-refractivity contribution < 1.29 is 14.7 Å². The number of rotatable bonds is 4. The maximum absolute atomic E-state index is 12.5. The minimum absolute atomic E-state index is 0.112. The van der Waals surface area contributed by atoms with E-state index >= 15 is 0 Å². The van der Waals surface area contributed by atoms with E-state index in [1.165, 1.54) is 12.1 Å². The van der Waals surface area contributed by atoms with E-state index in [1.807, 2.05) is 18.2 Å². The number of phenolic OH excluding ortho intramolecular Hbond substituents is 1. The van der Waals surface area contributed by atoms with Crippen LogP contribution in [0, 0.1) is 0 Å². The van der Waals surface area contributed by atoms with Crippen LogP contribution in [0.3, 0.4) is 0 Å². The summed E-state index contributed by atoms with van der Waals surface area (Å²) in [5, 5.41) is 14.8. The molecule has 5 nitrogen and oxygen atoms in total. The molecule has 0 aliphatic carbocycles. The number of aromatic hydroxyl groups is 1. The van der Waals surface area contributed by atoms with Crippen molar-refractivity contribution in [3.05, 3.63) is 90.0 Å². The van der Waals surface area contributed by atoms with Gasteiger partial charge in [-0.2, -0.15) is 0 Å². The summed E-state index contributed by atoms with van der Waals surface area (Å²) in [6, 6.07) is 21.8. The zero-order valence-electron chi connectivity index (χ0n) is 13.3. The Labute approximate surface area is 144 Å². The van der Waals surface area contributed by atoms with Crippen LogP contribution in [0.5, 0.6) is 5.75 Å². The highest BCUT2D eigenvalue weighted by Crippen LogP contribution is 2.17. The Morgan fingerprint density at radius 1 is 0.600 bits per heavy atom. The number of amides is 2. The predicted molar refractivity (Wildman–Crippen MR) is 96.9 cm³/mol. The fraction of sp³-hybridized carbons (Fsp3) is 0. The maximum Gasteiger partial charge on any atom is 0.256 e. The average Bonchev–Trinajstić information content (AvgIpc) is 2.64. The molecule has 5 heteroatoms. The van der Waals surface area contributed by atoms with Gasteiger partial charge in [-0.25, -0.2) is 0 Å². The molecule has 3 rings (SSSR count). The van der Waals surface area contributed by atoms with Crippen LogP contribution >= 0.6 is 0 Å². The highest BCUT2D eigenvalue weighted by atomic mass is 16.3. The molecule has 0 spiro atoms. The lowest BCUT2D eigenvalue weighted by molar-refractivity contribution is 0.0990. The molecule has 2 amide bonds. The molecule has 0 unspecified atom stereocenters. The van der Waals surface area contributed by atoms with Gasteiger partial charge in [-0.1, -0.05) is 30.3 Å². The lowest BCUT2D eigenvalue weighted by Crippen LogP contribution is -2.20. The Hall–Kier alpha value is -3.60. The first-order chi connectivity index (χ1) is 12.1. The zero-order chi connectivity index (χ0) is 17.6. The molecular formula is C20H16N2O3. The second kappa shape index (κ2) is 7.31. The maximum atomic E-state index is 12.5. The summed E-state index contributed by atoms with van der Waals surface area (Å²) >= 11 is 0. The number of hydrogen-bond donors (Lipinski definition) is 3. The van der Waals surface area contributed by atoms with Gasteiger partial charge in [0.1, 0.15) is 5.75 Å². The van der Waals surface area contributed by atoms with Gasteiger partial charge in [0, 0.05) is 11.4 Å². The lowest BCUT2D eigenvalue weighted by Gasteiger charge is -2.11. The van der Waals surface area contributed by atoms with E-state index in [9.17, 15) is 14.7 Å². The summed E-state index contributed by atoms with van der Waals surface area (Å²) in [4.78, 5) is 25.0. The molecule has 0 aliphatic rings. The number of nitrogens with one attached hydrogen (secondary N) is 2. The zero-order valence-corrected chi connectivity index (χ0v) is 13.3. The number of para-hydroxylation sites is 1. The number of benzene rings is 3. The first-order valence-corrected chi connectivity index (χ1v) is 7.69. The Kier molecular flexibility index (Phi) is 4.76. The van der Waals surface area contributed by atoms with E-state index in [2.05, 4.69) is 10.6 Å². The van der Waals surface area contributed by atoms with Gasteiger partial charge < -0.3 is 15.7 Å². The van der Waals surface area contributed by atoms with E-state index in [4.69, 9.17) is 0 Å². The smallest absolute Gasteiger partial charge is 0.256 e. The van der Waals surface area contributed by atoms with Crippen LogP contribution in [0.15, 0.2) is 78.9 Å². The van der Waals surface area contributed by atoms with E-state index < -0.39 is 5.91 Å². The summed E-state index contributed by atoms with van der Waals surface area (Å²) < 4.78 is 0. The van der Waals surface area contributed by atoms with Gasteiger partial charge in [0.25, 0.3) is 11.8 Å². The van der Waals surface area contributed by atoms with Crippen molar-refractivity contribution in [1.29, 1.82) is 0 Å². The van der Waals surface area contributed by atoms with Gasteiger partial charge in [-0.15, -0.1) is 0 Å². The van der Waals surface area contributed by atoms with E-state index in [0.29, 0.717) is 11.4 Å². The predicted octanol–water partition coefficient (Wildman–Crippen LogP) is 3.90. The van der Waals surface area contributed by atoms with Gasteiger partial charge in [0.2, 0.25) is 0 Å². The molecule has 3 aromatic rings. The molecule has 124 valence electrons. The standard InChI is InChI=1S/C20H16N2O3/c23-16-12-10-15(11-13-16)22-20(25)18-9-5-4-8-17(18)19(24)21-14-6-2-1-3-7-14/h1-13,23H,(H,21,24)(H,22,25). The van der Waals surface area contributed by atoms with Crippen molar-refractivity contribution in [2.45, 2.75) is 0 Å². The quantitative estimate of drug-likeness (QED) is 0.634. The van der Waals surface area contributed by atoms with Gasteiger partial charge in [0.15, 0.2) is 0 Å². The molecule has 0 radical (unpaired) electrons. The molecule has 0 aromatic heterocycles. The Bertz CT molecular complexity index is 890. The molecule has 0 heterocycles. The molecule has 0 saturated carbocycles. The molecule has 3 aromatic carbocycles. The molecule has 0 atom stereocenters. The van der Waals surface area contributed by atoms with Gasteiger partial charge in [0.05, 0.1) is 11.1 Å². The van der Waals surface area contributed by atoms with Crippen molar-refractivity contribution >= 4 is 23.2 Å². The normalized spacial score (nSPS) is 10.1. The third-order valence-electron chi connectivity index (χ3n) is 3.57. The molecule has 25 heavy (non-hydrogen) atoms. The van der Waals surface area contributed by atoms with Crippen LogP contribution in [0.4, 0.5) is 11.4 Å². The fourth-order valence-electron chi connectivity index (χ4n) is 2.34. The van der Waals surface area contributed by atoms with Crippen molar-refractivity contribution in [3.8, 4) is 5.75 Å². The van der Waals surface area contributed by atoms with Crippen molar-refractivity contribution in [2.24, 2.45) is 0 Å². The number of carbonyl (C=O) groups excluding carboxylic acids is 2. The van der Waals surface area contributed by atoms with Gasteiger partial charge >= 0.3 is 0 Å². The van der Waals surface area contributed by atoms with Gasteiger partial charge in [-0.05, 0) is 48.5 Å². The first-order valence-electron chi connectivity index (χ1n) is 7.69. The summed E-state index contributed by atoms with van der Waals surface area (Å²) in [5.41, 5.74) is 1.73. The van der Waals surface area contributed by atoms with Crippen LogP contribution in [-0.4, -0.2) is 16.9 Å². The van der Waals surface area contributed by atoms with E-state index in [1.54, 1.807) is 48.5 Å². The second-order valence-corrected chi connectivity index (χ2v) is 5.37. The van der Waals surface area contributed by atoms with Crippen LogP contribution in [0.25, 0.3) is 0 Å². The van der Waals surface area contributed by atoms with E-state index in [0.717, 1.165) is 0 Å². The molecule has 0 bridgehead atoms. The first kappa shape index (κ1) is 16.3. The third-order valence-corrected chi connectivity index (χ3v) is 3.57. The highest BCUT2D eigenvalue weighted by molar-refractivity contribution is 6.15. The van der Waals surface area contributed by atoms with Crippen LogP contribution in [0.1, 0.15) is 20.7 Å². The highest BCUT2D eigenvalue weighted by Gasteiger charge is 2.17. The average molecular weight is 332 g/mol. The van der Waals surface area contributed by atoms with E-state index in [-0.39, 0.29) is 22.8 Å². The van der Waals surface area contributed by atoms with Crippen molar-refractivity contribution in [3.63, 3.8) is 0 Å². The summed E-state index contributed by atoms with van der Waals surface area (Å²) in [5.74, 6) is -0.646. The number of phenols is 1. The van der Waals surface area contributed by atoms with Crippen LogP contribution < -0.4 is 10.6 Å². The Balaban J connectivity index is 1.81. The summed E-state index contributed by atoms with van der Waals surface area (Å²) in [7, 11) is 0. The molecule has 3 N–H and O–H groups in total. The molecular weight excluding hydrogens is 316 g/mol. The SMILES string of the molecule is O=C(Nc1ccccc1)c1ccccc1C(=O)Nc1ccc(O)cc1. The monoisotopic (exact) mass is 332 g/mol. The summed E-state index contributed by atoms with van der Waals surface area (Å²) in [6.45, 7) is 0. The molecule has 0 fully saturated rings. The van der Waals surface area contributed by atoms with Crippen molar-refractivity contribution in [1.82, 2.24) is 0 Å². The molecule has 0 aliphatic heterocycles. The Morgan fingerprint density at radius 3 is 1.56 bits per heavy atom. The third kappa shape index (κ3) is 4.03.